The zero-order valence-corrected chi connectivity index (χ0v) is 12.5. The minimum Gasteiger partial charge on any atom is -0.480 e. The molecule has 1 aromatic rings. The van der Waals surface area contributed by atoms with Crippen molar-refractivity contribution in [3.8, 4) is 0 Å². The van der Waals surface area contributed by atoms with E-state index in [1.54, 1.807) is 31.2 Å². The van der Waals surface area contributed by atoms with Gasteiger partial charge in [0.25, 0.3) is 0 Å². The first kappa shape index (κ1) is 15.0. The summed E-state index contributed by atoms with van der Waals surface area (Å²) in [5, 5.41) is 9.35. The summed E-state index contributed by atoms with van der Waals surface area (Å²) >= 11 is 0. The Morgan fingerprint density at radius 2 is 1.95 bits per heavy atom. The van der Waals surface area contributed by atoms with Crippen LogP contribution in [0.3, 0.4) is 0 Å². The summed E-state index contributed by atoms with van der Waals surface area (Å²) in [5.74, 6) is -0.803. The fourth-order valence-corrected chi connectivity index (χ4v) is 3.21. The molecule has 0 aromatic heterocycles. The maximum absolute atomic E-state index is 11.4. The zero-order valence-electron chi connectivity index (χ0n) is 11.7. The summed E-state index contributed by atoms with van der Waals surface area (Å²) in [6.07, 6.45) is 2.68. The second-order valence-corrected chi connectivity index (χ2v) is 7.54. The zero-order chi connectivity index (χ0) is 15.0. The average Bonchev–Trinajstić information content (AvgIpc) is 2.72. The fraction of sp³-hybridized carbons (Fsp3) is 0.500. The molecule has 0 amide bonds. The van der Waals surface area contributed by atoms with Gasteiger partial charge >= 0.3 is 5.97 Å². The van der Waals surface area contributed by atoms with Crippen LogP contribution in [0.1, 0.15) is 25.3 Å². The van der Waals surface area contributed by atoms with Crippen LogP contribution in [-0.2, 0) is 21.2 Å². The Hall–Kier alpha value is -1.40. The van der Waals surface area contributed by atoms with Crippen molar-refractivity contribution in [3.05, 3.63) is 29.8 Å². The third-order valence-corrected chi connectivity index (χ3v) is 5.10. The van der Waals surface area contributed by atoms with E-state index in [0.29, 0.717) is 13.0 Å². The Kier molecular flexibility index (Phi) is 3.88. The van der Waals surface area contributed by atoms with E-state index in [1.807, 2.05) is 4.90 Å². The van der Waals surface area contributed by atoms with E-state index in [4.69, 9.17) is 0 Å². The Bertz CT molecular complexity index is 609. The van der Waals surface area contributed by atoms with Gasteiger partial charge in [0.15, 0.2) is 9.84 Å². The highest BCUT2D eigenvalue weighted by atomic mass is 32.2. The standard InChI is InChI=1S/C14H19NO4S/c1-14(13(16)17)8-3-9-15(14)10-11-4-6-12(7-5-11)20(2,18)19/h4-7H,3,8-10H2,1-2H3,(H,16,17). The molecule has 0 bridgehead atoms. The van der Waals surface area contributed by atoms with Gasteiger partial charge < -0.3 is 5.11 Å². The summed E-state index contributed by atoms with van der Waals surface area (Å²) in [7, 11) is -3.19. The second kappa shape index (κ2) is 5.18. The lowest BCUT2D eigenvalue weighted by atomic mass is 9.99. The third-order valence-electron chi connectivity index (χ3n) is 3.98. The molecule has 0 radical (unpaired) electrons. The molecule has 1 atom stereocenters. The van der Waals surface area contributed by atoms with Gasteiger partial charge in [0.05, 0.1) is 4.90 Å². The van der Waals surface area contributed by atoms with Gasteiger partial charge in [-0.1, -0.05) is 12.1 Å². The molecule has 5 nitrogen and oxygen atoms in total. The van der Waals surface area contributed by atoms with Gasteiger partial charge in [-0.15, -0.1) is 0 Å². The first-order valence-corrected chi connectivity index (χ1v) is 8.40. The normalized spacial score (nSPS) is 23.9. The van der Waals surface area contributed by atoms with Gasteiger partial charge in [0, 0.05) is 12.8 Å². The monoisotopic (exact) mass is 297 g/mol. The summed E-state index contributed by atoms with van der Waals surface area (Å²) in [4.78, 5) is 13.6. The molecule has 2 rings (SSSR count). The van der Waals surface area contributed by atoms with E-state index in [1.165, 1.54) is 6.26 Å². The number of sulfone groups is 1. The van der Waals surface area contributed by atoms with Crippen LogP contribution in [0.5, 0.6) is 0 Å². The lowest BCUT2D eigenvalue weighted by molar-refractivity contribution is -0.148. The van der Waals surface area contributed by atoms with E-state index < -0.39 is 21.3 Å². The Morgan fingerprint density at radius 3 is 2.45 bits per heavy atom. The van der Waals surface area contributed by atoms with Gasteiger partial charge in [-0.2, -0.15) is 0 Å². The molecule has 1 aliphatic heterocycles. The third kappa shape index (κ3) is 2.86. The number of carboxylic acid groups (broad SMARTS) is 1. The highest BCUT2D eigenvalue weighted by Crippen LogP contribution is 2.30. The van der Waals surface area contributed by atoms with Crippen molar-refractivity contribution in [2.45, 2.75) is 36.7 Å². The van der Waals surface area contributed by atoms with E-state index in [-0.39, 0.29) is 4.90 Å². The summed E-state index contributed by atoms with van der Waals surface area (Å²) in [6, 6.07) is 6.63. The van der Waals surface area contributed by atoms with E-state index in [2.05, 4.69) is 0 Å². The number of aliphatic carboxylic acids is 1. The lowest BCUT2D eigenvalue weighted by Gasteiger charge is -2.31. The minimum absolute atomic E-state index is 0.281. The van der Waals surface area contributed by atoms with E-state index in [0.717, 1.165) is 18.5 Å². The van der Waals surface area contributed by atoms with Crippen LogP contribution in [-0.4, -0.2) is 42.7 Å². The number of benzene rings is 1. The molecule has 1 heterocycles. The van der Waals surface area contributed by atoms with Crippen molar-refractivity contribution in [1.82, 2.24) is 4.90 Å². The van der Waals surface area contributed by atoms with E-state index >= 15 is 0 Å². The predicted molar refractivity (Wildman–Crippen MR) is 75.2 cm³/mol. The quantitative estimate of drug-likeness (QED) is 0.912. The van der Waals surface area contributed by atoms with Crippen molar-refractivity contribution < 1.29 is 18.3 Å². The molecule has 0 aliphatic carbocycles. The summed E-state index contributed by atoms with van der Waals surface area (Å²) in [5.41, 5.74) is 0.0990. The van der Waals surface area contributed by atoms with E-state index in [9.17, 15) is 18.3 Å². The SMILES string of the molecule is CC1(C(=O)O)CCCN1Cc1ccc(S(C)(=O)=O)cc1. The molecule has 110 valence electrons. The molecular weight excluding hydrogens is 278 g/mol. The number of carboxylic acids is 1. The number of likely N-dealkylation sites (tertiary alicyclic amines) is 1. The molecule has 1 saturated heterocycles. The van der Waals surface area contributed by atoms with Crippen LogP contribution in [0.15, 0.2) is 29.2 Å². The van der Waals surface area contributed by atoms with Crippen LogP contribution < -0.4 is 0 Å². The van der Waals surface area contributed by atoms with Crippen LogP contribution >= 0.6 is 0 Å². The second-order valence-electron chi connectivity index (χ2n) is 5.52. The average molecular weight is 297 g/mol. The van der Waals surface area contributed by atoms with Crippen molar-refractivity contribution >= 4 is 15.8 Å². The Morgan fingerprint density at radius 1 is 1.35 bits per heavy atom. The molecule has 20 heavy (non-hydrogen) atoms. The first-order chi connectivity index (χ1) is 9.23. The number of rotatable bonds is 4. The number of nitrogens with zero attached hydrogens (tertiary/aromatic N) is 1. The lowest BCUT2D eigenvalue weighted by Crippen LogP contribution is -2.47. The summed E-state index contributed by atoms with van der Waals surface area (Å²) < 4.78 is 22.8. The maximum atomic E-state index is 11.4. The maximum Gasteiger partial charge on any atom is 0.323 e. The highest BCUT2D eigenvalue weighted by molar-refractivity contribution is 7.90. The topological polar surface area (TPSA) is 74.7 Å². The number of hydrogen-bond acceptors (Lipinski definition) is 4. The molecule has 6 heteroatoms. The first-order valence-electron chi connectivity index (χ1n) is 6.51. The predicted octanol–water partition coefficient (Wildman–Crippen LogP) is 1.53. The molecule has 1 N–H and O–H groups in total. The minimum atomic E-state index is -3.19. The smallest absolute Gasteiger partial charge is 0.323 e. The molecule has 0 saturated carbocycles. The van der Waals surface area contributed by atoms with Crippen LogP contribution in [0.4, 0.5) is 0 Å². The molecule has 1 aromatic carbocycles. The number of hydrogen-bond donors (Lipinski definition) is 1. The van der Waals surface area contributed by atoms with Crippen LogP contribution in [0.25, 0.3) is 0 Å². The molecule has 1 unspecified atom stereocenters. The summed E-state index contributed by atoms with van der Waals surface area (Å²) in [6.45, 7) is 3.01. The van der Waals surface area contributed by atoms with Gasteiger partial charge in [-0.25, -0.2) is 8.42 Å². The largest absolute Gasteiger partial charge is 0.480 e. The Balaban J connectivity index is 2.17. The molecule has 0 spiro atoms. The molecule has 1 fully saturated rings. The van der Waals surface area contributed by atoms with Gasteiger partial charge in [-0.3, -0.25) is 9.69 Å². The Labute approximate surface area is 119 Å². The number of carbonyl (C=O) groups is 1. The van der Waals surface area contributed by atoms with Crippen LogP contribution in [0.2, 0.25) is 0 Å². The van der Waals surface area contributed by atoms with Crippen molar-refractivity contribution in [2.24, 2.45) is 0 Å². The molecule has 1 aliphatic rings. The highest BCUT2D eigenvalue weighted by Gasteiger charge is 2.43. The molecular formula is C14H19NO4S. The van der Waals surface area contributed by atoms with Gasteiger partial charge in [0.1, 0.15) is 5.54 Å². The van der Waals surface area contributed by atoms with Crippen molar-refractivity contribution in [3.63, 3.8) is 0 Å². The fourth-order valence-electron chi connectivity index (χ4n) is 2.58. The van der Waals surface area contributed by atoms with Gasteiger partial charge in [-0.05, 0) is 44.0 Å². The van der Waals surface area contributed by atoms with Crippen LogP contribution in [0, 0.1) is 0 Å². The van der Waals surface area contributed by atoms with Crippen molar-refractivity contribution in [2.75, 3.05) is 12.8 Å². The van der Waals surface area contributed by atoms with Gasteiger partial charge in [0.2, 0.25) is 0 Å². The van der Waals surface area contributed by atoms with Crippen molar-refractivity contribution in [1.29, 1.82) is 0 Å².